The van der Waals surface area contributed by atoms with E-state index in [0.29, 0.717) is 0 Å². The van der Waals surface area contributed by atoms with E-state index >= 15 is 0 Å². The number of rotatable bonds is 6. The summed E-state index contributed by atoms with van der Waals surface area (Å²) < 4.78 is 0. The molecular formula is C18H36. The summed E-state index contributed by atoms with van der Waals surface area (Å²) in [4.78, 5) is 0. The van der Waals surface area contributed by atoms with Crippen LogP contribution in [0.25, 0.3) is 0 Å². The summed E-state index contributed by atoms with van der Waals surface area (Å²) in [6.07, 6.45) is 9.76. The normalized spacial score (nSPS) is 9.89. The van der Waals surface area contributed by atoms with Gasteiger partial charge in [-0.15, -0.1) is 0 Å². The SMILES string of the molecule is CC(C)=CCCC(C)C.CC(C)=CCCC(C)C. The van der Waals surface area contributed by atoms with E-state index < -0.39 is 0 Å². The number of hydrogen-bond acceptors (Lipinski definition) is 0. The Balaban J connectivity index is 0. The Labute approximate surface area is 117 Å². The van der Waals surface area contributed by atoms with Crippen LogP contribution >= 0.6 is 0 Å². The van der Waals surface area contributed by atoms with E-state index in [-0.39, 0.29) is 0 Å². The van der Waals surface area contributed by atoms with Crippen LogP contribution in [0, 0.1) is 11.8 Å². The predicted octanol–water partition coefficient (Wildman–Crippen LogP) is 6.78. The van der Waals surface area contributed by atoms with Gasteiger partial charge in [0.15, 0.2) is 0 Å². The molecule has 0 saturated heterocycles. The Morgan fingerprint density at radius 2 is 0.944 bits per heavy atom. The maximum Gasteiger partial charge on any atom is -0.0346 e. The van der Waals surface area contributed by atoms with Crippen molar-refractivity contribution in [2.45, 2.75) is 81.1 Å². The molecule has 0 heterocycles. The van der Waals surface area contributed by atoms with Gasteiger partial charge in [0.1, 0.15) is 0 Å². The fourth-order valence-electron chi connectivity index (χ4n) is 1.41. The van der Waals surface area contributed by atoms with Crippen molar-refractivity contribution in [3.8, 4) is 0 Å². The molecule has 0 unspecified atom stereocenters. The Morgan fingerprint density at radius 1 is 0.667 bits per heavy atom. The largest absolute Gasteiger partial charge is 0.0859 e. The van der Waals surface area contributed by atoms with Crippen LogP contribution in [0.15, 0.2) is 23.3 Å². The minimum Gasteiger partial charge on any atom is -0.0859 e. The maximum absolute atomic E-state index is 2.31. The van der Waals surface area contributed by atoms with E-state index in [1.807, 2.05) is 0 Å². The van der Waals surface area contributed by atoms with Crippen LogP contribution in [-0.4, -0.2) is 0 Å². The molecule has 0 N–H and O–H groups in total. The molecule has 0 saturated carbocycles. The van der Waals surface area contributed by atoms with Crippen LogP contribution in [0.5, 0.6) is 0 Å². The zero-order valence-corrected chi connectivity index (χ0v) is 14.1. The van der Waals surface area contributed by atoms with Crippen molar-refractivity contribution in [2.75, 3.05) is 0 Å². The van der Waals surface area contributed by atoms with Crippen molar-refractivity contribution in [1.82, 2.24) is 0 Å². The third-order valence-corrected chi connectivity index (χ3v) is 2.59. The molecule has 0 rings (SSSR count). The van der Waals surface area contributed by atoms with E-state index in [9.17, 15) is 0 Å². The van der Waals surface area contributed by atoms with E-state index in [1.165, 1.54) is 36.8 Å². The molecule has 0 bridgehead atoms. The molecule has 0 fully saturated rings. The standard InChI is InChI=1S/2C9H18/c2*1-8(2)6-5-7-9(3)4/h2*6,9H,5,7H2,1-4H3. The van der Waals surface area contributed by atoms with Gasteiger partial charge in [0.25, 0.3) is 0 Å². The molecular weight excluding hydrogens is 216 g/mol. The van der Waals surface area contributed by atoms with Gasteiger partial charge in [0.05, 0.1) is 0 Å². The summed E-state index contributed by atoms with van der Waals surface area (Å²) in [5.41, 5.74) is 2.88. The van der Waals surface area contributed by atoms with Gasteiger partial charge < -0.3 is 0 Å². The predicted molar refractivity (Wildman–Crippen MR) is 87.0 cm³/mol. The Bertz CT molecular complexity index is 194. The summed E-state index contributed by atoms with van der Waals surface area (Å²) in [5.74, 6) is 1.70. The minimum absolute atomic E-state index is 0.848. The summed E-state index contributed by atoms with van der Waals surface area (Å²) >= 11 is 0. The Hall–Kier alpha value is -0.520. The first-order chi connectivity index (χ1) is 8.25. The molecule has 0 aliphatic carbocycles. The average Bonchev–Trinajstić information content (AvgIpc) is 2.15. The zero-order chi connectivity index (χ0) is 14.6. The quantitative estimate of drug-likeness (QED) is 0.457. The van der Waals surface area contributed by atoms with Gasteiger partial charge in [-0.25, -0.2) is 0 Å². The highest BCUT2D eigenvalue weighted by Crippen LogP contribution is 2.06. The lowest BCUT2D eigenvalue weighted by Crippen LogP contribution is -1.83. The van der Waals surface area contributed by atoms with E-state index in [2.05, 4.69) is 67.5 Å². The van der Waals surface area contributed by atoms with E-state index in [4.69, 9.17) is 0 Å². The molecule has 0 heteroatoms. The molecule has 0 aromatic heterocycles. The van der Waals surface area contributed by atoms with Crippen molar-refractivity contribution in [3.63, 3.8) is 0 Å². The van der Waals surface area contributed by atoms with Gasteiger partial charge in [-0.1, -0.05) is 51.0 Å². The molecule has 0 spiro atoms. The van der Waals surface area contributed by atoms with Gasteiger partial charge in [-0.3, -0.25) is 0 Å². The van der Waals surface area contributed by atoms with Gasteiger partial charge in [0, 0.05) is 0 Å². The Kier molecular flexibility index (Phi) is 14.2. The van der Waals surface area contributed by atoms with Gasteiger partial charge >= 0.3 is 0 Å². The second-order valence-corrected chi connectivity index (χ2v) is 6.51. The van der Waals surface area contributed by atoms with Crippen LogP contribution < -0.4 is 0 Å². The second kappa shape index (κ2) is 12.9. The lowest BCUT2D eigenvalue weighted by atomic mass is 10.1. The topological polar surface area (TPSA) is 0 Å². The molecule has 0 nitrogen and oxygen atoms in total. The highest BCUT2D eigenvalue weighted by molar-refractivity contribution is 4.93. The monoisotopic (exact) mass is 252 g/mol. The lowest BCUT2D eigenvalue weighted by Gasteiger charge is -1.99. The smallest absolute Gasteiger partial charge is 0.0346 e. The van der Waals surface area contributed by atoms with Crippen LogP contribution in [-0.2, 0) is 0 Å². The van der Waals surface area contributed by atoms with Crippen molar-refractivity contribution in [3.05, 3.63) is 23.3 Å². The molecule has 0 radical (unpaired) electrons. The maximum atomic E-state index is 2.31. The van der Waals surface area contributed by atoms with Crippen LogP contribution in [0.4, 0.5) is 0 Å². The fraction of sp³-hybridized carbons (Fsp3) is 0.778. The van der Waals surface area contributed by atoms with Gasteiger partial charge in [-0.2, -0.15) is 0 Å². The molecule has 0 aromatic carbocycles. The van der Waals surface area contributed by atoms with Gasteiger partial charge in [-0.05, 0) is 65.2 Å². The molecule has 0 aromatic rings. The van der Waals surface area contributed by atoms with Crippen molar-refractivity contribution < 1.29 is 0 Å². The summed E-state index contributed by atoms with van der Waals surface area (Å²) in [6.45, 7) is 17.7. The molecule has 0 amide bonds. The first kappa shape index (κ1) is 19.8. The van der Waals surface area contributed by atoms with Crippen molar-refractivity contribution >= 4 is 0 Å². The highest BCUT2D eigenvalue weighted by Gasteiger charge is 1.89. The van der Waals surface area contributed by atoms with Crippen molar-refractivity contribution in [1.29, 1.82) is 0 Å². The molecule has 108 valence electrons. The zero-order valence-electron chi connectivity index (χ0n) is 14.1. The van der Waals surface area contributed by atoms with E-state index in [0.717, 1.165) is 11.8 Å². The average molecular weight is 252 g/mol. The lowest BCUT2D eigenvalue weighted by molar-refractivity contribution is 0.593. The summed E-state index contributed by atoms with van der Waals surface area (Å²) in [7, 11) is 0. The van der Waals surface area contributed by atoms with Crippen LogP contribution in [0.1, 0.15) is 81.1 Å². The minimum atomic E-state index is 0.848. The Morgan fingerprint density at radius 3 is 1.11 bits per heavy atom. The van der Waals surface area contributed by atoms with E-state index in [1.54, 1.807) is 0 Å². The molecule has 0 aliphatic heterocycles. The number of hydrogen-bond donors (Lipinski definition) is 0. The van der Waals surface area contributed by atoms with Gasteiger partial charge in [0.2, 0.25) is 0 Å². The third-order valence-electron chi connectivity index (χ3n) is 2.59. The highest BCUT2D eigenvalue weighted by atomic mass is 14.0. The first-order valence-electron chi connectivity index (χ1n) is 7.52. The van der Waals surface area contributed by atoms with Crippen LogP contribution in [0.2, 0.25) is 0 Å². The molecule has 0 aliphatic rings. The summed E-state index contributed by atoms with van der Waals surface area (Å²) in [5, 5.41) is 0. The summed E-state index contributed by atoms with van der Waals surface area (Å²) in [6, 6.07) is 0. The fourth-order valence-corrected chi connectivity index (χ4v) is 1.41. The molecule has 0 atom stereocenters. The second-order valence-electron chi connectivity index (χ2n) is 6.51. The van der Waals surface area contributed by atoms with Crippen molar-refractivity contribution in [2.24, 2.45) is 11.8 Å². The molecule has 18 heavy (non-hydrogen) atoms. The first-order valence-corrected chi connectivity index (χ1v) is 7.52. The van der Waals surface area contributed by atoms with Crippen LogP contribution in [0.3, 0.4) is 0 Å². The number of allylic oxidation sites excluding steroid dienone is 4. The third kappa shape index (κ3) is 24.6.